The molecular weight excluding hydrogens is 295 g/mol. The monoisotopic (exact) mass is 318 g/mol. The summed E-state index contributed by atoms with van der Waals surface area (Å²) in [6.07, 6.45) is 7.21. The summed E-state index contributed by atoms with van der Waals surface area (Å²) in [5.74, 6) is 5.71. The van der Waals surface area contributed by atoms with Gasteiger partial charge < -0.3 is 0 Å². The highest BCUT2D eigenvalue weighted by Gasteiger charge is 2.53. The predicted molar refractivity (Wildman–Crippen MR) is 99.4 cm³/mol. The molecule has 2 aromatic rings. The van der Waals surface area contributed by atoms with E-state index in [1.54, 1.807) is 10.6 Å². The van der Waals surface area contributed by atoms with Crippen LogP contribution in [-0.2, 0) is 0 Å². The minimum atomic E-state index is -0.229. The summed E-state index contributed by atoms with van der Waals surface area (Å²) in [6.45, 7) is 0. The average molecular weight is 318 g/mol. The Morgan fingerprint density at radius 2 is 1.13 bits per heavy atom. The summed E-state index contributed by atoms with van der Waals surface area (Å²) >= 11 is 0. The lowest BCUT2D eigenvalue weighted by Gasteiger charge is -2.26. The Morgan fingerprint density at radius 3 is 1.61 bits per heavy atom. The van der Waals surface area contributed by atoms with Gasteiger partial charge in [-0.15, -0.1) is 0 Å². The van der Waals surface area contributed by atoms with Gasteiger partial charge in [0.15, 0.2) is 0 Å². The lowest BCUT2D eigenvalue weighted by atomic mass is 9.82. The van der Waals surface area contributed by atoms with Gasteiger partial charge in [-0.2, -0.15) is 0 Å². The Kier molecular flexibility index (Phi) is 3.56. The van der Waals surface area contributed by atoms with E-state index >= 15 is 0 Å². The van der Waals surface area contributed by atoms with Crippen LogP contribution in [0.5, 0.6) is 0 Å². The molecule has 0 heterocycles. The van der Waals surface area contributed by atoms with E-state index in [4.69, 9.17) is 0 Å². The fourth-order valence-electron chi connectivity index (χ4n) is 5.24. The molecule has 3 aliphatic rings. The second-order valence-corrected chi connectivity index (χ2v) is 9.86. The van der Waals surface area contributed by atoms with Gasteiger partial charge in [0, 0.05) is 0 Å². The largest absolute Gasteiger partial charge is 0.0622 e. The Morgan fingerprint density at radius 1 is 0.652 bits per heavy atom. The van der Waals surface area contributed by atoms with Crippen LogP contribution in [0, 0.1) is 23.7 Å². The maximum absolute atomic E-state index is 2.36. The van der Waals surface area contributed by atoms with Gasteiger partial charge in [0.25, 0.3) is 0 Å². The van der Waals surface area contributed by atoms with E-state index in [0.29, 0.717) is 0 Å². The first-order valence-electron chi connectivity index (χ1n) is 9.01. The van der Waals surface area contributed by atoms with Crippen LogP contribution in [0.15, 0.2) is 60.7 Å². The molecule has 2 radical (unpaired) electrons. The fraction of sp³-hybridized carbons (Fsp3) is 0.364. The van der Waals surface area contributed by atoms with Crippen LogP contribution in [0.4, 0.5) is 0 Å². The molecule has 23 heavy (non-hydrogen) atoms. The highest BCUT2D eigenvalue weighted by Crippen LogP contribution is 2.65. The van der Waals surface area contributed by atoms with Crippen molar-refractivity contribution in [1.82, 2.24) is 0 Å². The fourth-order valence-corrected chi connectivity index (χ4v) is 8.13. The number of fused-ring (bicyclic) bond motifs is 5. The van der Waals surface area contributed by atoms with Crippen LogP contribution < -0.4 is 10.6 Å². The zero-order valence-corrected chi connectivity index (χ0v) is 14.4. The Balaban J connectivity index is 1.49. The van der Waals surface area contributed by atoms with E-state index in [1.807, 2.05) is 11.8 Å². The summed E-state index contributed by atoms with van der Waals surface area (Å²) in [4.78, 5) is 0. The third-order valence-electron chi connectivity index (χ3n) is 6.18. The van der Waals surface area contributed by atoms with Crippen molar-refractivity contribution >= 4 is 18.5 Å². The van der Waals surface area contributed by atoms with E-state index in [9.17, 15) is 0 Å². The molecule has 1 heteroatoms. The molecule has 5 rings (SSSR count). The lowest BCUT2D eigenvalue weighted by molar-refractivity contribution is 0.547. The summed E-state index contributed by atoms with van der Waals surface area (Å²) < 4.78 is 0. The van der Waals surface area contributed by atoms with Crippen molar-refractivity contribution in [3.63, 3.8) is 0 Å². The van der Waals surface area contributed by atoms with Gasteiger partial charge >= 0.3 is 0 Å². The lowest BCUT2D eigenvalue weighted by Crippen LogP contribution is -2.20. The van der Waals surface area contributed by atoms with Crippen molar-refractivity contribution in [3.05, 3.63) is 72.5 Å². The quantitative estimate of drug-likeness (QED) is 0.709. The molecule has 0 nitrogen and oxygen atoms in total. The SMILES string of the molecule is c1ccc(P(c2ccccc2)C2C[C]3[C](C2)C2CCC3C2)cc1. The Hall–Kier alpha value is -1.13. The molecule has 0 aromatic heterocycles. The topological polar surface area (TPSA) is 0 Å². The first-order chi connectivity index (χ1) is 11.4. The molecule has 0 amide bonds. The standard InChI is InChI=1S/C22H23P/c1-3-7-18(8-4-1)23(19-9-5-2-6-10-19)20-14-21-16-11-12-17(13-16)22(21)15-20/h1-10,16-17,20H,11-15H2. The highest BCUT2D eigenvalue weighted by molar-refractivity contribution is 7.73. The summed E-state index contributed by atoms with van der Waals surface area (Å²) in [6, 6.07) is 22.6. The smallest absolute Gasteiger partial charge is 0.0117 e. The third-order valence-corrected chi connectivity index (χ3v) is 8.98. The highest BCUT2D eigenvalue weighted by atomic mass is 31.1. The van der Waals surface area contributed by atoms with Gasteiger partial charge in [0.1, 0.15) is 0 Å². The maximum atomic E-state index is 2.36. The van der Waals surface area contributed by atoms with Gasteiger partial charge in [0.05, 0.1) is 0 Å². The average Bonchev–Trinajstić information content (AvgIpc) is 3.30. The number of hydrogen-bond acceptors (Lipinski definition) is 0. The van der Waals surface area contributed by atoms with Gasteiger partial charge in [-0.05, 0) is 80.0 Å². The van der Waals surface area contributed by atoms with Crippen LogP contribution in [0.3, 0.4) is 0 Å². The minimum Gasteiger partial charge on any atom is -0.0622 e. The predicted octanol–water partition coefficient (Wildman–Crippen LogP) is 4.86. The molecule has 0 saturated heterocycles. The third kappa shape index (κ3) is 2.38. The van der Waals surface area contributed by atoms with Gasteiger partial charge in [-0.25, -0.2) is 0 Å². The molecule has 3 saturated carbocycles. The Labute approximate surface area is 141 Å². The molecule has 2 atom stereocenters. The molecule has 2 aromatic carbocycles. The van der Waals surface area contributed by atoms with Crippen molar-refractivity contribution in [3.8, 4) is 0 Å². The van der Waals surface area contributed by atoms with Crippen LogP contribution >= 0.6 is 7.92 Å². The zero-order valence-electron chi connectivity index (χ0n) is 13.5. The first kappa shape index (κ1) is 14.2. The summed E-state index contributed by atoms with van der Waals surface area (Å²) in [7, 11) is -0.229. The van der Waals surface area contributed by atoms with Gasteiger partial charge in [0.2, 0.25) is 0 Å². The van der Waals surface area contributed by atoms with Crippen molar-refractivity contribution in [2.75, 3.05) is 0 Å². The van der Waals surface area contributed by atoms with E-state index < -0.39 is 0 Å². The second kappa shape index (κ2) is 5.75. The molecule has 0 N–H and O–H groups in total. The molecule has 2 unspecified atom stereocenters. The summed E-state index contributed by atoms with van der Waals surface area (Å²) in [5.41, 5.74) is 0.836. The van der Waals surface area contributed by atoms with Crippen LogP contribution in [0.1, 0.15) is 32.1 Å². The van der Waals surface area contributed by atoms with Crippen molar-refractivity contribution < 1.29 is 0 Å². The molecular formula is C22H23P. The molecule has 3 fully saturated rings. The van der Waals surface area contributed by atoms with E-state index in [0.717, 1.165) is 17.5 Å². The van der Waals surface area contributed by atoms with Gasteiger partial charge in [-0.3, -0.25) is 0 Å². The molecule has 0 spiro atoms. The van der Waals surface area contributed by atoms with Crippen LogP contribution in [0.2, 0.25) is 0 Å². The van der Waals surface area contributed by atoms with E-state index in [-0.39, 0.29) is 7.92 Å². The van der Waals surface area contributed by atoms with Crippen LogP contribution in [-0.4, -0.2) is 5.66 Å². The van der Waals surface area contributed by atoms with Crippen molar-refractivity contribution in [2.45, 2.75) is 37.8 Å². The van der Waals surface area contributed by atoms with E-state index in [1.165, 1.54) is 32.1 Å². The molecule has 2 bridgehead atoms. The Bertz CT molecular complexity index is 607. The minimum absolute atomic E-state index is 0.229. The molecule has 0 aliphatic heterocycles. The number of hydrogen-bond donors (Lipinski definition) is 0. The van der Waals surface area contributed by atoms with Gasteiger partial charge in [-0.1, -0.05) is 60.7 Å². The molecule has 116 valence electrons. The van der Waals surface area contributed by atoms with Crippen LogP contribution in [0.25, 0.3) is 0 Å². The number of benzene rings is 2. The normalized spacial score (nSPS) is 30.2. The second-order valence-electron chi connectivity index (χ2n) is 7.36. The van der Waals surface area contributed by atoms with Crippen molar-refractivity contribution in [1.29, 1.82) is 0 Å². The molecule has 3 aliphatic carbocycles. The first-order valence-corrected chi connectivity index (χ1v) is 10.4. The van der Waals surface area contributed by atoms with Crippen molar-refractivity contribution in [2.24, 2.45) is 11.8 Å². The zero-order chi connectivity index (χ0) is 15.2. The van der Waals surface area contributed by atoms with E-state index in [2.05, 4.69) is 60.7 Å². The number of rotatable bonds is 3. The maximum Gasteiger partial charge on any atom is -0.0117 e. The summed E-state index contributed by atoms with van der Waals surface area (Å²) in [5, 5.41) is 3.12.